The van der Waals surface area contributed by atoms with Gasteiger partial charge in [-0.15, -0.1) is 11.3 Å². The molecule has 2 aromatic rings. The minimum absolute atomic E-state index is 0.0658. The van der Waals surface area contributed by atoms with Crippen LogP contribution in [0.15, 0.2) is 23.6 Å². The molecule has 0 bridgehead atoms. The molecular weight excluding hydrogens is 291 g/mol. The number of thiazole rings is 1. The maximum Gasteiger partial charge on any atom is 0.273 e. The van der Waals surface area contributed by atoms with Crippen LogP contribution < -0.4 is 4.74 Å². The van der Waals surface area contributed by atoms with Crippen LogP contribution >= 0.6 is 11.3 Å². The molecule has 1 aromatic carbocycles. The Morgan fingerprint density at radius 2 is 2.14 bits per heavy atom. The van der Waals surface area contributed by atoms with Gasteiger partial charge in [-0.25, -0.2) is 9.37 Å². The third-order valence-electron chi connectivity index (χ3n) is 3.52. The summed E-state index contributed by atoms with van der Waals surface area (Å²) >= 11 is 1.28. The van der Waals surface area contributed by atoms with Crippen molar-refractivity contribution >= 4 is 17.2 Å². The molecule has 4 nitrogen and oxygen atoms in total. The molecular formula is C15H15FN2O2S. The van der Waals surface area contributed by atoms with Gasteiger partial charge in [-0.2, -0.15) is 0 Å². The fraction of sp³-hybridized carbons (Fsp3) is 0.333. The number of halogens is 1. The first-order valence-corrected chi connectivity index (χ1v) is 7.65. The SMILES string of the molecule is COc1ccc(-c2nc(C(=O)N3CCCC3)cs2)c(F)c1. The van der Waals surface area contributed by atoms with Crippen LogP contribution in [0.5, 0.6) is 5.75 Å². The number of hydrogen-bond donors (Lipinski definition) is 0. The zero-order chi connectivity index (χ0) is 14.8. The molecule has 2 heterocycles. The molecule has 21 heavy (non-hydrogen) atoms. The monoisotopic (exact) mass is 306 g/mol. The van der Waals surface area contributed by atoms with E-state index < -0.39 is 5.82 Å². The molecule has 1 aliphatic heterocycles. The van der Waals surface area contributed by atoms with E-state index in [-0.39, 0.29) is 5.91 Å². The number of carbonyl (C=O) groups is 1. The summed E-state index contributed by atoms with van der Waals surface area (Å²) in [7, 11) is 1.49. The fourth-order valence-corrected chi connectivity index (χ4v) is 3.19. The number of amides is 1. The van der Waals surface area contributed by atoms with E-state index in [0.29, 0.717) is 22.0 Å². The second kappa shape index (κ2) is 5.81. The second-order valence-corrected chi connectivity index (χ2v) is 5.74. The highest BCUT2D eigenvalue weighted by molar-refractivity contribution is 7.13. The van der Waals surface area contributed by atoms with Gasteiger partial charge in [-0.1, -0.05) is 0 Å². The molecule has 110 valence electrons. The third-order valence-corrected chi connectivity index (χ3v) is 4.40. The van der Waals surface area contributed by atoms with E-state index in [1.165, 1.54) is 24.5 Å². The number of likely N-dealkylation sites (tertiary alicyclic amines) is 1. The highest BCUT2D eigenvalue weighted by Crippen LogP contribution is 2.29. The molecule has 6 heteroatoms. The Kier molecular flexibility index (Phi) is 3.88. The second-order valence-electron chi connectivity index (χ2n) is 4.88. The highest BCUT2D eigenvalue weighted by Gasteiger charge is 2.22. The fourth-order valence-electron chi connectivity index (χ4n) is 2.37. The first-order chi connectivity index (χ1) is 10.2. The number of carbonyl (C=O) groups excluding carboxylic acids is 1. The summed E-state index contributed by atoms with van der Waals surface area (Å²) in [5.41, 5.74) is 0.786. The molecule has 1 aromatic heterocycles. The molecule has 1 saturated heterocycles. The largest absolute Gasteiger partial charge is 0.497 e. The van der Waals surface area contributed by atoms with Crippen molar-refractivity contribution in [1.29, 1.82) is 0 Å². The molecule has 0 N–H and O–H groups in total. The number of benzene rings is 1. The van der Waals surface area contributed by atoms with Crippen molar-refractivity contribution in [2.45, 2.75) is 12.8 Å². The number of ether oxygens (including phenoxy) is 1. The van der Waals surface area contributed by atoms with Gasteiger partial charge in [0.05, 0.1) is 7.11 Å². The molecule has 0 unspecified atom stereocenters. The van der Waals surface area contributed by atoms with Crippen molar-refractivity contribution in [1.82, 2.24) is 9.88 Å². The maximum absolute atomic E-state index is 14.0. The first-order valence-electron chi connectivity index (χ1n) is 6.78. The lowest BCUT2D eigenvalue weighted by Gasteiger charge is -2.12. The Labute approximate surface area is 126 Å². The van der Waals surface area contributed by atoms with Gasteiger partial charge in [0.15, 0.2) is 0 Å². The number of rotatable bonds is 3. The summed E-state index contributed by atoms with van der Waals surface area (Å²) in [4.78, 5) is 18.3. The Bertz CT molecular complexity index is 665. The molecule has 1 fully saturated rings. The van der Waals surface area contributed by atoms with Gasteiger partial charge in [0, 0.05) is 30.1 Å². The molecule has 0 spiro atoms. The molecule has 0 radical (unpaired) electrons. The first kappa shape index (κ1) is 14.0. The lowest BCUT2D eigenvalue weighted by atomic mass is 10.2. The van der Waals surface area contributed by atoms with Crippen molar-refractivity contribution in [3.63, 3.8) is 0 Å². The summed E-state index contributed by atoms with van der Waals surface area (Å²) in [5, 5.41) is 2.21. The van der Waals surface area contributed by atoms with Crippen LogP contribution in [0, 0.1) is 5.82 Å². The summed E-state index contributed by atoms with van der Waals surface area (Å²) in [6.45, 7) is 1.56. The number of hydrogen-bond acceptors (Lipinski definition) is 4. The number of methoxy groups -OCH3 is 1. The molecule has 0 saturated carbocycles. The van der Waals surface area contributed by atoms with E-state index in [1.54, 1.807) is 22.4 Å². The molecule has 3 rings (SSSR count). The van der Waals surface area contributed by atoms with Gasteiger partial charge in [-0.3, -0.25) is 4.79 Å². The standard InChI is InChI=1S/C15H15FN2O2S/c1-20-10-4-5-11(12(16)8-10)14-17-13(9-21-14)15(19)18-6-2-3-7-18/h4-5,8-9H,2-3,6-7H2,1H3. The zero-order valence-electron chi connectivity index (χ0n) is 11.6. The average Bonchev–Trinajstić information content (AvgIpc) is 3.18. The molecule has 0 atom stereocenters. The Balaban J connectivity index is 1.86. The van der Waals surface area contributed by atoms with E-state index in [1.807, 2.05) is 0 Å². The van der Waals surface area contributed by atoms with Crippen molar-refractivity contribution in [3.8, 4) is 16.3 Å². The average molecular weight is 306 g/mol. The predicted octanol–water partition coefficient (Wildman–Crippen LogP) is 3.19. The minimum atomic E-state index is -0.399. The van der Waals surface area contributed by atoms with Crippen molar-refractivity contribution in [2.24, 2.45) is 0 Å². The van der Waals surface area contributed by atoms with Gasteiger partial charge in [0.1, 0.15) is 22.3 Å². The van der Waals surface area contributed by atoms with Crippen molar-refractivity contribution in [3.05, 3.63) is 35.1 Å². The summed E-state index contributed by atoms with van der Waals surface area (Å²) in [6, 6.07) is 4.62. The number of nitrogens with zero attached hydrogens (tertiary/aromatic N) is 2. The van der Waals surface area contributed by atoms with E-state index in [2.05, 4.69) is 4.98 Å². The topological polar surface area (TPSA) is 42.4 Å². The van der Waals surface area contributed by atoms with Crippen LogP contribution in [-0.2, 0) is 0 Å². The summed E-state index contributed by atoms with van der Waals surface area (Å²) in [5.74, 6) is -0.00559. The van der Waals surface area contributed by atoms with E-state index in [4.69, 9.17) is 4.74 Å². The van der Waals surface area contributed by atoms with Gasteiger partial charge in [-0.05, 0) is 25.0 Å². The van der Waals surface area contributed by atoms with Crippen LogP contribution in [0.3, 0.4) is 0 Å². The van der Waals surface area contributed by atoms with Crippen LogP contribution in [0.25, 0.3) is 10.6 Å². The Hall–Kier alpha value is -1.95. The van der Waals surface area contributed by atoms with E-state index >= 15 is 0 Å². The summed E-state index contributed by atoms with van der Waals surface area (Å²) in [6.07, 6.45) is 2.08. The summed E-state index contributed by atoms with van der Waals surface area (Å²) < 4.78 is 19.0. The zero-order valence-corrected chi connectivity index (χ0v) is 12.5. The van der Waals surface area contributed by atoms with Crippen LogP contribution in [0.1, 0.15) is 23.3 Å². The Morgan fingerprint density at radius 1 is 1.38 bits per heavy atom. The van der Waals surface area contributed by atoms with Gasteiger partial charge in [0.2, 0.25) is 0 Å². The lowest BCUT2D eigenvalue weighted by Crippen LogP contribution is -2.27. The van der Waals surface area contributed by atoms with Crippen molar-refractivity contribution < 1.29 is 13.9 Å². The van der Waals surface area contributed by atoms with Gasteiger partial charge < -0.3 is 9.64 Å². The predicted molar refractivity (Wildman–Crippen MR) is 79.2 cm³/mol. The maximum atomic E-state index is 14.0. The molecule has 1 amide bonds. The van der Waals surface area contributed by atoms with Crippen LogP contribution in [-0.4, -0.2) is 36.0 Å². The van der Waals surface area contributed by atoms with Crippen molar-refractivity contribution in [2.75, 3.05) is 20.2 Å². The lowest BCUT2D eigenvalue weighted by molar-refractivity contribution is 0.0788. The normalized spacial score (nSPS) is 14.5. The smallest absolute Gasteiger partial charge is 0.273 e. The van der Waals surface area contributed by atoms with Gasteiger partial charge in [0.25, 0.3) is 5.91 Å². The third kappa shape index (κ3) is 2.76. The molecule has 1 aliphatic rings. The van der Waals surface area contributed by atoms with Crippen LogP contribution in [0.4, 0.5) is 4.39 Å². The van der Waals surface area contributed by atoms with Gasteiger partial charge >= 0.3 is 0 Å². The Morgan fingerprint density at radius 3 is 2.81 bits per heavy atom. The quantitative estimate of drug-likeness (QED) is 0.874. The highest BCUT2D eigenvalue weighted by atomic mass is 32.1. The number of aromatic nitrogens is 1. The van der Waals surface area contributed by atoms with Crippen LogP contribution in [0.2, 0.25) is 0 Å². The molecule has 0 aliphatic carbocycles. The van der Waals surface area contributed by atoms with E-state index in [0.717, 1.165) is 25.9 Å². The van der Waals surface area contributed by atoms with E-state index in [9.17, 15) is 9.18 Å². The minimum Gasteiger partial charge on any atom is -0.497 e.